The summed E-state index contributed by atoms with van der Waals surface area (Å²) in [6.07, 6.45) is -1.19. The molecule has 0 heterocycles. The molecular formula is C28H22O3. The molecule has 0 saturated carbocycles. The van der Waals surface area contributed by atoms with Crippen LogP contribution in [0.4, 0.5) is 0 Å². The van der Waals surface area contributed by atoms with Crippen LogP contribution in [0.5, 0.6) is 0 Å². The standard InChI is InChI=1S/C28H22O3/c1-31-28(25(30)18-29,23-8-3-2-4-9-23)17-16-19-10-11-22-13-12-20-6-5-7-21-14-15-24(19)27(22)26(20)21/h2-15,25,29-30H,18H2,1H3. The molecular weight excluding hydrogens is 384 g/mol. The van der Waals surface area contributed by atoms with Gasteiger partial charge in [-0.25, -0.2) is 0 Å². The smallest absolute Gasteiger partial charge is 0.181 e. The van der Waals surface area contributed by atoms with E-state index in [4.69, 9.17) is 4.74 Å². The van der Waals surface area contributed by atoms with Crippen molar-refractivity contribution in [1.82, 2.24) is 0 Å². The summed E-state index contributed by atoms with van der Waals surface area (Å²) in [4.78, 5) is 0. The Labute approximate surface area is 180 Å². The second-order valence-corrected chi connectivity index (χ2v) is 7.72. The first-order chi connectivity index (χ1) is 15.2. The van der Waals surface area contributed by atoms with Crippen molar-refractivity contribution >= 4 is 32.3 Å². The van der Waals surface area contributed by atoms with E-state index in [1.165, 1.54) is 34.0 Å². The Kier molecular flexibility index (Phi) is 4.84. The molecule has 0 aromatic heterocycles. The summed E-state index contributed by atoms with van der Waals surface area (Å²) in [5.41, 5.74) is 0.220. The fraction of sp³-hybridized carbons (Fsp3) is 0.143. The van der Waals surface area contributed by atoms with E-state index < -0.39 is 18.3 Å². The van der Waals surface area contributed by atoms with Crippen molar-refractivity contribution in [3.63, 3.8) is 0 Å². The number of hydrogen-bond acceptors (Lipinski definition) is 3. The Balaban J connectivity index is 1.75. The molecule has 3 nitrogen and oxygen atoms in total. The summed E-state index contributed by atoms with van der Waals surface area (Å²) in [6.45, 7) is -0.462. The number of rotatable bonds is 4. The topological polar surface area (TPSA) is 49.7 Å². The van der Waals surface area contributed by atoms with E-state index in [1.807, 2.05) is 36.4 Å². The lowest BCUT2D eigenvalue weighted by molar-refractivity contribution is -0.0863. The number of hydrogen-bond donors (Lipinski definition) is 2. The zero-order valence-electron chi connectivity index (χ0n) is 17.2. The maximum Gasteiger partial charge on any atom is 0.181 e. The SMILES string of the molecule is COC(C#Cc1ccc2ccc3cccc4ccc1c2c34)(c1ccccc1)C(O)CO. The van der Waals surface area contributed by atoms with Crippen LogP contribution in [0.15, 0.2) is 84.9 Å². The molecule has 3 heteroatoms. The quantitative estimate of drug-likeness (QED) is 0.332. The molecule has 0 fully saturated rings. The third kappa shape index (κ3) is 3.05. The van der Waals surface area contributed by atoms with Crippen LogP contribution in [0.25, 0.3) is 32.3 Å². The predicted molar refractivity (Wildman–Crippen MR) is 125 cm³/mol. The van der Waals surface area contributed by atoms with Crippen molar-refractivity contribution in [3.8, 4) is 11.8 Å². The Hall–Kier alpha value is -3.42. The zero-order chi connectivity index (χ0) is 21.4. The summed E-state index contributed by atoms with van der Waals surface area (Å²) in [6, 6.07) is 28.3. The van der Waals surface area contributed by atoms with E-state index in [9.17, 15) is 10.2 Å². The zero-order valence-corrected chi connectivity index (χ0v) is 17.2. The van der Waals surface area contributed by atoms with Gasteiger partial charge >= 0.3 is 0 Å². The normalized spacial score (nSPS) is 14.4. The van der Waals surface area contributed by atoms with E-state index in [0.717, 1.165) is 10.9 Å². The van der Waals surface area contributed by atoms with Gasteiger partial charge in [-0.3, -0.25) is 0 Å². The molecule has 2 atom stereocenters. The van der Waals surface area contributed by atoms with Crippen LogP contribution in [-0.2, 0) is 10.3 Å². The van der Waals surface area contributed by atoms with Gasteiger partial charge in [-0.2, -0.15) is 0 Å². The molecule has 31 heavy (non-hydrogen) atoms. The molecule has 152 valence electrons. The lowest BCUT2D eigenvalue weighted by Crippen LogP contribution is -2.42. The summed E-state index contributed by atoms with van der Waals surface area (Å²) >= 11 is 0. The summed E-state index contributed by atoms with van der Waals surface area (Å²) < 4.78 is 5.74. The molecule has 5 aromatic carbocycles. The Bertz CT molecular complexity index is 1410. The van der Waals surface area contributed by atoms with Crippen molar-refractivity contribution in [2.45, 2.75) is 11.7 Å². The largest absolute Gasteiger partial charge is 0.394 e. The molecule has 5 aromatic rings. The van der Waals surface area contributed by atoms with Gasteiger partial charge in [0.05, 0.1) is 6.61 Å². The Morgan fingerprint density at radius 2 is 1.45 bits per heavy atom. The Morgan fingerprint density at radius 1 is 0.806 bits per heavy atom. The van der Waals surface area contributed by atoms with Crippen LogP contribution < -0.4 is 0 Å². The van der Waals surface area contributed by atoms with Crippen molar-refractivity contribution in [2.75, 3.05) is 13.7 Å². The van der Waals surface area contributed by atoms with Gasteiger partial charge in [-0.1, -0.05) is 90.7 Å². The highest BCUT2D eigenvalue weighted by Gasteiger charge is 2.38. The summed E-state index contributed by atoms with van der Waals surface area (Å²) in [5, 5.41) is 27.4. The molecule has 0 spiro atoms. The van der Waals surface area contributed by atoms with Crippen LogP contribution in [0, 0.1) is 11.8 Å². The van der Waals surface area contributed by atoms with Crippen molar-refractivity contribution in [2.24, 2.45) is 0 Å². The molecule has 0 aliphatic carbocycles. The molecule has 0 saturated heterocycles. The minimum Gasteiger partial charge on any atom is -0.394 e. The van der Waals surface area contributed by atoms with Crippen molar-refractivity contribution < 1.29 is 14.9 Å². The van der Waals surface area contributed by atoms with Crippen molar-refractivity contribution in [1.29, 1.82) is 0 Å². The number of aliphatic hydroxyl groups is 2. The fourth-order valence-corrected chi connectivity index (χ4v) is 4.47. The lowest BCUT2D eigenvalue weighted by Gasteiger charge is -2.31. The van der Waals surface area contributed by atoms with Crippen LogP contribution in [0.3, 0.4) is 0 Å². The molecule has 0 aliphatic rings. The molecule has 2 unspecified atom stereocenters. The second kappa shape index (κ2) is 7.68. The van der Waals surface area contributed by atoms with Gasteiger partial charge in [-0.15, -0.1) is 0 Å². The van der Waals surface area contributed by atoms with Gasteiger partial charge in [0.15, 0.2) is 5.60 Å². The molecule has 0 bridgehead atoms. The second-order valence-electron chi connectivity index (χ2n) is 7.72. The van der Waals surface area contributed by atoms with Crippen LogP contribution in [-0.4, -0.2) is 30.0 Å². The first-order valence-corrected chi connectivity index (χ1v) is 10.3. The molecule has 2 N–H and O–H groups in total. The van der Waals surface area contributed by atoms with E-state index in [-0.39, 0.29) is 0 Å². The third-order valence-corrected chi connectivity index (χ3v) is 6.08. The monoisotopic (exact) mass is 406 g/mol. The highest BCUT2D eigenvalue weighted by molar-refractivity contribution is 6.23. The average molecular weight is 406 g/mol. The molecule has 0 radical (unpaired) electrons. The van der Waals surface area contributed by atoms with Gasteiger partial charge in [0, 0.05) is 12.7 Å². The van der Waals surface area contributed by atoms with Gasteiger partial charge in [-0.05, 0) is 43.9 Å². The number of methoxy groups -OCH3 is 1. The fourth-order valence-electron chi connectivity index (χ4n) is 4.47. The van der Waals surface area contributed by atoms with Gasteiger partial charge < -0.3 is 14.9 Å². The summed E-state index contributed by atoms with van der Waals surface area (Å²) in [5.74, 6) is 6.42. The van der Waals surface area contributed by atoms with Crippen molar-refractivity contribution in [3.05, 3.63) is 96.1 Å². The molecule has 5 rings (SSSR count). The number of benzene rings is 5. The summed E-state index contributed by atoms with van der Waals surface area (Å²) in [7, 11) is 1.50. The highest BCUT2D eigenvalue weighted by atomic mass is 16.5. The van der Waals surface area contributed by atoms with Gasteiger partial charge in [0.2, 0.25) is 0 Å². The van der Waals surface area contributed by atoms with Gasteiger partial charge in [0.25, 0.3) is 0 Å². The maximum absolute atomic E-state index is 10.7. The maximum atomic E-state index is 10.7. The minimum atomic E-state index is -1.33. The third-order valence-electron chi connectivity index (χ3n) is 6.08. The molecule has 0 aliphatic heterocycles. The highest BCUT2D eigenvalue weighted by Crippen LogP contribution is 2.36. The van der Waals surface area contributed by atoms with E-state index in [1.54, 1.807) is 0 Å². The molecule has 0 amide bonds. The van der Waals surface area contributed by atoms with Crippen LogP contribution in [0.1, 0.15) is 11.1 Å². The first kappa shape index (κ1) is 19.5. The van der Waals surface area contributed by atoms with E-state index in [2.05, 4.69) is 60.4 Å². The lowest BCUT2D eigenvalue weighted by atomic mass is 9.87. The average Bonchev–Trinajstić information content (AvgIpc) is 2.84. The first-order valence-electron chi connectivity index (χ1n) is 10.3. The number of aliphatic hydroxyl groups excluding tert-OH is 2. The number of ether oxygens (including phenoxy) is 1. The predicted octanol–water partition coefficient (Wildman–Crippen LogP) is 4.83. The Morgan fingerprint density at radius 3 is 2.13 bits per heavy atom. The van der Waals surface area contributed by atoms with Crippen LogP contribution >= 0.6 is 0 Å². The van der Waals surface area contributed by atoms with E-state index in [0.29, 0.717) is 5.56 Å². The van der Waals surface area contributed by atoms with Crippen LogP contribution in [0.2, 0.25) is 0 Å². The van der Waals surface area contributed by atoms with E-state index >= 15 is 0 Å². The van der Waals surface area contributed by atoms with Gasteiger partial charge in [0.1, 0.15) is 6.10 Å². The minimum absolute atomic E-state index is 0.462.